The zero-order chi connectivity index (χ0) is 44.7. The lowest BCUT2D eigenvalue weighted by Gasteiger charge is -2.53. The lowest BCUT2D eigenvalue weighted by molar-refractivity contribution is -0.139. The second-order valence-corrected chi connectivity index (χ2v) is 28.6. The van der Waals surface area contributed by atoms with E-state index < -0.39 is 73.9 Å². The molecule has 59 heavy (non-hydrogen) atoms. The Morgan fingerprint density at radius 2 is 0.542 bits per heavy atom. The van der Waals surface area contributed by atoms with Crippen LogP contribution in [0.3, 0.4) is 0 Å². The van der Waals surface area contributed by atoms with Crippen LogP contribution in [0.15, 0.2) is 60.8 Å². The summed E-state index contributed by atoms with van der Waals surface area (Å²) in [6.07, 6.45) is -0.161. The highest BCUT2D eigenvalue weighted by molar-refractivity contribution is 6.94. The summed E-state index contributed by atoms with van der Waals surface area (Å²) in [5, 5.41) is 0. The number of fused-ring (bicyclic) bond motifs is 6. The number of hydrogen-bond donors (Lipinski definition) is 3. The van der Waals surface area contributed by atoms with E-state index in [0.29, 0.717) is 0 Å². The van der Waals surface area contributed by atoms with Crippen LogP contribution in [0.2, 0.25) is 30.2 Å². The maximum Gasteiger partial charge on any atom is 0.483 e. The Labute approximate surface area is 350 Å². The predicted octanol–water partition coefficient (Wildman–Crippen LogP) is 3.33. The summed E-state index contributed by atoms with van der Waals surface area (Å²) < 4.78 is 65.1. The van der Waals surface area contributed by atoms with Crippen molar-refractivity contribution in [2.45, 2.75) is 96.9 Å². The number of rotatable bonds is 25. The Morgan fingerprint density at radius 3 is 0.712 bits per heavy atom. The van der Waals surface area contributed by atoms with Gasteiger partial charge in [0.1, 0.15) is 0 Å². The van der Waals surface area contributed by atoms with E-state index in [2.05, 4.69) is 32.9 Å². The molecule has 19 nitrogen and oxygen atoms in total. The Bertz CT molecular complexity index is 1430. The largest absolute Gasteiger partial charge is 0.483 e. The fourth-order valence-corrected chi connectivity index (χ4v) is 29.5. The number of ether oxygens (including phenoxy) is 5. The van der Waals surface area contributed by atoms with Crippen LogP contribution in [0.5, 0.6) is 0 Å². The summed E-state index contributed by atoms with van der Waals surface area (Å²) in [7, 11) is -23.5. The first kappa shape index (κ1) is 51.9. The highest BCUT2D eigenvalue weighted by Gasteiger charge is 2.72. The summed E-state index contributed by atoms with van der Waals surface area (Å²) >= 11 is 0. The quantitative estimate of drug-likeness (QED) is 0.0391. The van der Waals surface area contributed by atoms with Crippen molar-refractivity contribution < 1.29 is 86.7 Å². The van der Waals surface area contributed by atoms with Gasteiger partial charge < -0.3 is 62.8 Å². The van der Waals surface area contributed by atoms with E-state index in [1.807, 2.05) is 0 Å². The molecule has 3 saturated heterocycles. The average Bonchev–Trinajstić information content (AvgIpc) is 3.12. The van der Waals surface area contributed by atoms with Gasteiger partial charge >= 0.3 is 73.9 Å². The van der Waals surface area contributed by atoms with Crippen molar-refractivity contribution in [3.05, 3.63) is 60.8 Å². The molecule has 3 aliphatic rings. The van der Waals surface area contributed by atoms with Crippen LogP contribution in [0.25, 0.3) is 0 Å². The van der Waals surface area contributed by atoms with Gasteiger partial charge in [-0.15, -0.1) is 0 Å². The molecule has 0 atom stereocenters. The van der Waals surface area contributed by atoms with Gasteiger partial charge in [-0.3, -0.25) is 0 Å². The summed E-state index contributed by atoms with van der Waals surface area (Å²) in [6.45, 7) is 24.0. The molecule has 0 radical (unpaired) electrons. The van der Waals surface area contributed by atoms with E-state index in [1.54, 1.807) is 0 Å². The third kappa shape index (κ3) is 17.7. The summed E-state index contributed by atoms with van der Waals surface area (Å²) in [5.74, 6) is -3.40. The SMILES string of the molecule is C=C(C)C(=O)OCCC[Si]1(O)O[Si]2(CCCOC(=O)C(=C)C)O[Si](O)(CCCOC(=O)C(=C)C)O[Si](CCCOC(=O)C(=C)C)(O1)O[Si](O)(CCCOC(=O)C(=C)C)O2. The highest BCUT2D eigenvalue weighted by atomic mass is 28.6. The zero-order valence-electron chi connectivity index (χ0n) is 34.5. The van der Waals surface area contributed by atoms with E-state index in [9.17, 15) is 38.4 Å². The van der Waals surface area contributed by atoms with Gasteiger partial charge in [0.15, 0.2) is 0 Å². The molecule has 3 aliphatic heterocycles. The van der Waals surface area contributed by atoms with E-state index in [1.165, 1.54) is 34.6 Å². The molecule has 332 valence electrons. The Balaban J connectivity index is 2.69. The normalized spacial score (nSPS) is 26.2. The van der Waals surface area contributed by atoms with Crippen LogP contribution >= 0.6 is 0 Å². The van der Waals surface area contributed by atoms with Crippen LogP contribution in [0, 0.1) is 0 Å². The van der Waals surface area contributed by atoms with Crippen molar-refractivity contribution in [1.29, 1.82) is 0 Å². The summed E-state index contributed by atoms with van der Waals surface area (Å²) in [6, 6.07) is -1.46. The van der Waals surface area contributed by atoms with Crippen LogP contribution in [-0.2, 0) is 72.3 Å². The number of carbonyl (C=O) groups is 5. The Kier molecular flexibility index (Phi) is 20.3. The van der Waals surface area contributed by atoms with Gasteiger partial charge in [-0.05, 0) is 66.7 Å². The molecule has 3 fully saturated rings. The molecule has 0 saturated carbocycles. The molecule has 0 unspecified atom stereocenters. The second kappa shape index (κ2) is 23.1. The standard InChI is InChI=1S/C35H58O19Si5/c1-26(2)31(36)44-16-11-21-55(41)49-58(24-14-19-47-34(39)29(7)8)51-56(42,22-12-17-45-32(37)27(3)4)52-59(50-55,25-15-20-48-35(40)30(9)10)54-57(43,53-58)23-13-18-46-33(38)28(5)6/h41-43H,1,3,5,7,9,11-25H2,2,4,6,8,10H3. The minimum absolute atomic E-state index is 0.0191. The third-order valence-corrected chi connectivity index (χ3v) is 28.0. The Hall–Kier alpha value is -3.23. The molecule has 0 aromatic carbocycles. The van der Waals surface area contributed by atoms with Crippen molar-refractivity contribution in [2.24, 2.45) is 0 Å². The average molecular weight is 923 g/mol. The van der Waals surface area contributed by atoms with Gasteiger partial charge in [0.2, 0.25) is 0 Å². The van der Waals surface area contributed by atoms with Crippen molar-refractivity contribution in [1.82, 2.24) is 0 Å². The summed E-state index contributed by atoms with van der Waals surface area (Å²) in [5.41, 5.74) is 0.695. The first-order valence-corrected chi connectivity index (χ1v) is 28.7. The van der Waals surface area contributed by atoms with E-state index in [4.69, 9.17) is 48.4 Å². The van der Waals surface area contributed by atoms with Crippen LogP contribution in [0.1, 0.15) is 66.7 Å². The molecular formula is C35H58O19Si5. The molecule has 3 heterocycles. The van der Waals surface area contributed by atoms with Crippen molar-refractivity contribution in [2.75, 3.05) is 33.0 Å². The molecule has 3 rings (SSSR count). The topological polar surface area (TPSA) is 248 Å². The third-order valence-electron chi connectivity index (χ3n) is 7.96. The molecule has 2 bridgehead atoms. The molecule has 3 N–H and O–H groups in total. The number of hydrogen-bond acceptors (Lipinski definition) is 19. The predicted molar refractivity (Wildman–Crippen MR) is 218 cm³/mol. The minimum atomic E-state index is -4.71. The van der Waals surface area contributed by atoms with Gasteiger partial charge in [-0.2, -0.15) is 0 Å². The van der Waals surface area contributed by atoms with Gasteiger partial charge in [0, 0.05) is 58.1 Å². The van der Waals surface area contributed by atoms with Gasteiger partial charge in [0.25, 0.3) is 0 Å². The fraction of sp³-hybridized carbons (Fsp3) is 0.571. The number of carbonyl (C=O) groups excluding carboxylic acids is 5. The lowest BCUT2D eigenvalue weighted by atomic mass is 10.4. The molecule has 0 spiro atoms. The smallest absolute Gasteiger partial charge is 0.462 e. The van der Waals surface area contributed by atoms with Crippen LogP contribution in [-0.4, -0.2) is 121 Å². The molecule has 0 aliphatic carbocycles. The van der Waals surface area contributed by atoms with E-state index in [-0.39, 0.29) is 123 Å². The van der Waals surface area contributed by atoms with Crippen molar-refractivity contribution in [3.8, 4) is 0 Å². The number of esters is 5. The van der Waals surface area contributed by atoms with Gasteiger partial charge in [-0.1, -0.05) is 32.9 Å². The molecule has 24 heteroatoms. The maximum absolute atomic E-state index is 12.3. The van der Waals surface area contributed by atoms with Crippen LogP contribution < -0.4 is 0 Å². The Morgan fingerprint density at radius 1 is 0.373 bits per heavy atom. The zero-order valence-corrected chi connectivity index (χ0v) is 39.5. The van der Waals surface area contributed by atoms with Gasteiger partial charge in [0.05, 0.1) is 33.0 Å². The van der Waals surface area contributed by atoms with Crippen molar-refractivity contribution >= 4 is 73.9 Å². The first-order chi connectivity index (χ1) is 27.4. The van der Waals surface area contributed by atoms with Gasteiger partial charge in [-0.25, -0.2) is 24.0 Å². The first-order valence-electron chi connectivity index (χ1n) is 18.9. The molecule has 0 aromatic rings. The maximum atomic E-state index is 12.3. The monoisotopic (exact) mass is 922 g/mol. The summed E-state index contributed by atoms with van der Waals surface area (Å²) in [4.78, 5) is 97.8. The van der Waals surface area contributed by atoms with E-state index >= 15 is 0 Å². The highest BCUT2D eigenvalue weighted by Crippen LogP contribution is 2.43. The lowest BCUT2D eigenvalue weighted by Crippen LogP contribution is -2.79. The minimum Gasteiger partial charge on any atom is -0.462 e. The van der Waals surface area contributed by atoms with Crippen LogP contribution in [0.4, 0.5) is 0 Å². The second-order valence-electron chi connectivity index (χ2n) is 14.2. The molecular weight excluding hydrogens is 865 g/mol. The van der Waals surface area contributed by atoms with E-state index in [0.717, 1.165) is 0 Å². The molecule has 0 aromatic heterocycles. The fourth-order valence-electron chi connectivity index (χ4n) is 5.16. The van der Waals surface area contributed by atoms with Crippen molar-refractivity contribution in [3.63, 3.8) is 0 Å². The molecule has 0 amide bonds.